The minimum Gasteiger partial charge on any atom is -0.493 e. The Kier molecular flexibility index (Phi) is 16.5. The molecule has 0 saturated heterocycles. The highest BCUT2D eigenvalue weighted by atomic mass is 16.4. The molecule has 10 nitrogen and oxygen atoms in total. The number of para-hydroxylation sites is 2. The van der Waals surface area contributed by atoms with E-state index >= 15 is 0 Å². The second kappa shape index (κ2) is 22.2. The molecule has 0 fully saturated rings. The first kappa shape index (κ1) is 50.5. The Balaban J connectivity index is 1.81. The number of nitrogens with zero attached hydrogens (tertiary/aromatic N) is 2. The quantitative estimate of drug-likeness (QED) is 0.0325. The van der Waals surface area contributed by atoms with Crippen LogP contribution in [0.5, 0.6) is 0 Å². The van der Waals surface area contributed by atoms with Crippen LogP contribution in [0.2, 0.25) is 0 Å². The number of aromatic carboxylic acids is 2. The summed E-state index contributed by atoms with van der Waals surface area (Å²) in [5.74, 6) is -3.84. The maximum atomic E-state index is 14.0. The van der Waals surface area contributed by atoms with Crippen LogP contribution in [-0.2, 0) is 12.8 Å². The molecule has 0 aliphatic heterocycles. The largest absolute Gasteiger partial charge is 0.493 e. The highest BCUT2D eigenvalue weighted by molar-refractivity contribution is 6.27. The summed E-state index contributed by atoms with van der Waals surface area (Å²) in [6.07, 6.45) is 5.88. The van der Waals surface area contributed by atoms with Crippen molar-refractivity contribution in [1.82, 2.24) is 0 Å². The van der Waals surface area contributed by atoms with Crippen LogP contribution < -0.4 is 10.6 Å². The molecule has 0 radical (unpaired) electrons. The van der Waals surface area contributed by atoms with Gasteiger partial charge in [-0.2, -0.15) is 0 Å². The van der Waals surface area contributed by atoms with E-state index in [0.717, 1.165) is 71.9 Å². The maximum Gasteiger partial charge on any atom is 0.338 e. The lowest BCUT2D eigenvalue weighted by Gasteiger charge is -2.23. The molecule has 6 rings (SSSR count). The predicted octanol–water partition coefficient (Wildman–Crippen LogP) is 16.2. The van der Waals surface area contributed by atoms with Gasteiger partial charge in [-0.05, 0) is 119 Å². The van der Waals surface area contributed by atoms with Gasteiger partial charge in [-0.25, -0.2) is 19.6 Å². The minimum absolute atomic E-state index is 0.00308. The zero-order valence-corrected chi connectivity index (χ0v) is 41.3. The van der Waals surface area contributed by atoms with Crippen molar-refractivity contribution in [2.75, 3.05) is 10.6 Å². The fraction of sp³-hybridized carbons (Fsp3) is 0.345. The summed E-state index contributed by atoms with van der Waals surface area (Å²) >= 11 is 0. The molecule has 6 aromatic carbocycles. The van der Waals surface area contributed by atoms with Gasteiger partial charge in [0.2, 0.25) is 11.8 Å². The van der Waals surface area contributed by atoms with Crippen molar-refractivity contribution in [3.05, 3.63) is 153 Å². The van der Waals surface area contributed by atoms with Gasteiger partial charge >= 0.3 is 11.9 Å². The molecule has 10 heteroatoms. The number of carboxylic acid groups (broad SMARTS) is 2. The zero-order valence-electron chi connectivity index (χ0n) is 41.3. The Morgan fingerprint density at radius 2 is 0.853 bits per heavy atom. The average molecular weight is 917 g/mol. The Morgan fingerprint density at radius 3 is 1.22 bits per heavy atom. The number of carboxylic acids is 2. The highest BCUT2D eigenvalue weighted by Crippen LogP contribution is 2.43. The molecule has 0 bridgehead atoms. The van der Waals surface area contributed by atoms with Crippen molar-refractivity contribution >= 4 is 68.6 Å². The van der Waals surface area contributed by atoms with E-state index in [0.29, 0.717) is 22.7 Å². The van der Waals surface area contributed by atoms with Gasteiger partial charge in [0.25, 0.3) is 0 Å². The lowest BCUT2D eigenvalue weighted by Crippen LogP contribution is -2.16. The second-order valence-corrected chi connectivity index (χ2v) is 19.0. The molecule has 0 aromatic heterocycles. The Hall–Kier alpha value is -6.94. The summed E-state index contributed by atoms with van der Waals surface area (Å²) < 4.78 is 0. The predicted molar refractivity (Wildman–Crippen MR) is 281 cm³/mol. The minimum atomic E-state index is -1.40. The second-order valence-electron chi connectivity index (χ2n) is 19.0. The van der Waals surface area contributed by atoms with E-state index in [1.807, 2.05) is 140 Å². The Morgan fingerprint density at radius 1 is 0.485 bits per heavy atom. The normalized spacial score (nSPS) is 12.2. The van der Waals surface area contributed by atoms with Crippen LogP contribution in [0.1, 0.15) is 184 Å². The van der Waals surface area contributed by atoms with Crippen molar-refractivity contribution < 1.29 is 30.0 Å². The number of hydrogen-bond donors (Lipinski definition) is 6. The summed E-state index contributed by atoms with van der Waals surface area (Å²) in [5, 5.41) is 54.4. The number of aliphatic hydroxyl groups excluding tert-OH is 2. The molecule has 0 amide bonds. The van der Waals surface area contributed by atoms with Crippen molar-refractivity contribution in [3.63, 3.8) is 0 Å². The third kappa shape index (κ3) is 11.2. The summed E-state index contributed by atoms with van der Waals surface area (Å²) in [6.45, 7) is 20.6. The first-order valence-corrected chi connectivity index (χ1v) is 24.1. The third-order valence-electron chi connectivity index (χ3n) is 12.5. The van der Waals surface area contributed by atoms with E-state index in [1.54, 1.807) is 6.07 Å². The van der Waals surface area contributed by atoms with Crippen LogP contribution >= 0.6 is 0 Å². The molecule has 0 saturated carbocycles. The van der Waals surface area contributed by atoms with Gasteiger partial charge in [-0.15, -0.1) is 0 Å². The van der Waals surface area contributed by atoms with Crippen molar-refractivity contribution in [2.24, 2.45) is 9.98 Å². The van der Waals surface area contributed by atoms with Crippen molar-refractivity contribution in [1.29, 1.82) is 0 Å². The van der Waals surface area contributed by atoms with Crippen molar-refractivity contribution in [2.45, 2.75) is 131 Å². The molecular weight excluding hydrogens is 849 g/mol. The van der Waals surface area contributed by atoms with Crippen LogP contribution in [-0.4, -0.2) is 44.2 Å². The van der Waals surface area contributed by atoms with Crippen LogP contribution in [0.4, 0.5) is 34.1 Å². The molecule has 0 unspecified atom stereocenters. The molecule has 0 aliphatic rings. The summed E-state index contributed by atoms with van der Waals surface area (Å²) in [7, 11) is 0. The lowest BCUT2D eigenvalue weighted by atomic mass is 9.88. The summed E-state index contributed by atoms with van der Waals surface area (Å²) in [5.41, 5.74) is 7.30. The SMILES string of the molecule is CCCCc1ccc(Nc2cc(C(=O)O)c3c(C(O)=Nc4c(C(C)C)cccc4C(C)C)c(Nc4ccc(CCCC)cc4)cc(C(O)=Nc4c(C(C)C)cccc4C(C)C)c3c2C(=O)O)cc1. The number of aryl methyl sites for hydroxylation is 2. The number of anilines is 4. The number of unbranched alkanes of at least 4 members (excludes halogenated alkanes) is 2. The Bertz CT molecular complexity index is 2790. The fourth-order valence-corrected chi connectivity index (χ4v) is 8.82. The molecule has 0 atom stereocenters. The van der Waals surface area contributed by atoms with E-state index in [2.05, 4.69) is 24.5 Å². The number of benzene rings is 6. The first-order valence-electron chi connectivity index (χ1n) is 24.1. The third-order valence-corrected chi connectivity index (χ3v) is 12.5. The number of aliphatic imine (C=N–C) groups is 2. The van der Waals surface area contributed by atoms with Crippen LogP contribution in [0.15, 0.2) is 107 Å². The molecule has 68 heavy (non-hydrogen) atoms. The number of fused-ring (bicyclic) bond motifs is 1. The van der Waals surface area contributed by atoms with E-state index in [4.69, 9.17) is 9.98 Å². The highest BCUT2D eigenvalue weighted by Gasteiger charge is 2.31. The smallest absolute Gasteiger partial charge is 0.338 e. The number of hydrogen-bond acceptors (Lipinski definition) is 6. The van der Waals surface area contributed by atoms with Gasteiger partial charge in [0.05, 0.1) is 39.4 Å². The number of rotatable bonds is 20. The number of nitrogens with one attached hydrogen (secondary N) is 2. The molecule has 356 valence electrons. The van der Waals surface area contributed by atoms with Crippen LogP contribution in [0.3, 0.4) is 0 Å². The summed E-state index contributed by atoms with van der Waals surface area (Å²) in [4.78, 5) is 37.7. The topological polar surface area (TPSA) is 164 Å². The standard InChI is InChI=1S/C58H68N4O6/c1-11-13-17-37-23-27-39(28-24-37)59-47-31-45(55(63)61-53-41(33(3)4)19-15-20-42(53)34(5)6)49-50(51(47)56(64)62-54-43(35(7)8)21-16-22-44(54)36(9)10)46(57(65)66)32-48(52(49)58(67)68)60-40-29-25-38(26-30-40)18-14-12-2/h15-16,19-36,59-60H,11-14,17-18H2,1-10H3,(H,61,63)(H,62,64)(H,65,66)(H,67,68). The maximum absolute atomic E-state index is 14.0. The van der Waals surface area contributed by atoms with E-state index < -0.39 is 23.7 Å². The Labute approximate surface area is 401 Å². The number of carbonyl (C=O) groups is 2. The molecule has 0 heterocycles. The first-order chi connectivity index (χ1) is 32.4. The van der Waals surface area contributed by atoms with Crippen molar-refractivity contribution in [3.8, 4) is 0 Å². The van der Waals surface area contributed by atoms with Crippen LogP contribution in [0.25, 0.3) is 10.8 Å². The zero-order chi connectivity index (χ0) is 49.4. The molecule has 6 aromatic rings. The monoisotopic (exact) mass is 917 g/mol. The van der Waals surface area contributed by atoms with E-state index in [9.17, 15) is 30.0 Å². The molecular formula is C58H68N4O6. The van der Waals surface area contributed by atoms with Gasteiger partial charge in [0, 0.05) is 27.7 Å². The van der Waals surface area contributed by atoms with Gasteiger partial charge in [0.15, 0.2) is 0 Å². The average Bonchev–Trinajstić information content (AvgIpc) is 3.30. The molecule has 0 aliphatic carbocycles. The van der Waals surface area contributed by atoms with Crippen LogP contribution in [0, 0.1) is 0 Å². The van der Waals surface area contributed by atoms with Gasteiger partial charge < -0.3 is 31.1 Å². The fourth-order valence-electron chi connectivity index (χ4n) is 8.82. The lowest BCUT2D eigenvalue weighted by molar-refractivity contribution is 0.0685. The molecule has 6 N–H and O–H groups in total. The number of aliphatic hydroxyl groups is 2. The van der Waals surface area contributed by atoms with E-state index in [1.165, 1.54) is 6.07 Å². The van der Waals surface area contributed by atoms with Gasteiger partial charge in [-0.1, -0.05) is 143 Å². The van der Waals surface area contributed by atoms with Gasteiger partial charge in [-0.3, -0.25) is 0 Å². The van der Waals surface area contributed by atoms with Gasteiger partial charge in [0.1, 0.15) is 0 Å². The van der Waals surface area contributed by atoms with E-state index in [-0.39, 0.29) is 68.1 Å². The summed E-state index contributed by atoms with van der Waals surface area (Å²) in [6, 6.07) is 30.0. The molecule has 0 spiro atoms.